The first-order valence-electron chi connectivity index (χ1n) is 10.7. The number of halogens is 1. The second-order valence-electron chi connectivity index (χ2n) is 7.69. The Morgan fingerprint density at radius 1 is 1.22 bits per heavy atom. The summed E-state index contributed by atoms with van der Waals surface area (Å²) in [4.78, 5) is 35.6. The van der Waals surface area contributed by atoms with E-state index in [1.54, 1.807) is 67.8 Å². The number of amides is 1. The van der Waals surface area contributed by atoms with E-state index in [1.165, 1.54) is 24.6 Å². The van der Waals surface area contributed by atoms with Crippen LogP contribution in [0, 0.1) is 0 Å². The van der Waals surface area contributed by atoms with Crippen LogP contribution in [0.3, 0.4) is 0 Å². The van der Waals surface area contributed by atoms with Crippen molar-refractivity contribution in [2.24, 2.45) is 0 Å². The van der Waals surface area contributed by atoms with Crippen molar-refractivity contribution in [2.45, 2.75) is 25.6 Å². The number of carbonyl (C=O) groups excluding carboxylic acids is 2. The number of nitrogens with one attached hydrogen (secondary N) is 1. The van der Waals surface area contributed by atoms with Crippen molar-refractivity contribution in [3.8, 4) is 5.75 Å². The van der Waals surface area contributed by atoms with E-state index in [-0.39, 0.29) is 5.56 Å². The number of carbonyl (C=O) groups is 2. The Morgan fingerprint density at radius 2 is 1.97 bits per heavy atom. The van der Waals surface area contributed by atoms with Gasteiger partial charge in [0.15, 0.2) is 5.66 Å². The van der Waals surface area contributed by atoms with Crippen molar-refractivity contribution in [2.75, 3.05) is 13.9 Å². The summed E-state index contributed by atoms with van der Waals surface area (Å²) < 4.78 is 33.9. The summed E-state index contributed by atoms with van der Waals surface area (Å²) in [6.45, 7) is 2.35. The molecule has 9 nitrogen and oxygen atoms in total. The molecule has 0 spiro atoms. The molecule has 12 heteroatoms. The molecule has 192 valence electrons. The van der Waals surface area contributed by atoms with E-state index in [2.05, 4.69) is 5.32 Å². The molecule has 3 aromatic rings. The van der Waals surface area contributed by atoms with Crippen LogP contribution in [0.25, 0.3) is 16.2 Å². The Balaban J connectivity index is 1.87. The fourth-order valence-corrected chi connectivity index (χ4v) is 5.77. The van der Waals surface area contributed by atoms with Gasteiger partial charge in [0.1, 0.15) is 5.75 Å². The van der Waals surface area contributed by atoms with Gasteiger partial charge in [0.05, 0.1) is 13.2 Å². The largest absolute Gasteiger partial charge is 0.510 e. The van der Waals surface area contributed by atoms with E-state index in [0.717, 1.165) is 4.70 Å². The van der Waals surface area contributed by atoms with Crippen molar-refractivity contribution in [3.05, 3.63) is 70.2 Å². The summed E-state index contributed by atoms with van der Waals surface area (Å²) >= 11 is 7.41. The second-order valence-corrected chi connectivity index (χ2v) is 10.9. The first kappa shape index (κ1) is 27.7. The Kier molecular flexibility index (Phi) is 9.53. The van der Waals surface area contributed by atoms with Crippen LogP contribution in [0.1, 0.15) is 30.6 Å². The van der Waals surface area contributed by atoms with E-state index in [9.17, 15) is 19.0 Å². The van der Waals surface area contributed by atoms with Gasteiger partial charge in [-0.15, -0.1) is 11.3 Å². The SMILES string of the molecule is COc1ccccc1C=CNC(=O)C(c1csc2ccc(Cl)cc12)P(=O)(O)OCOC(=O)OC(C)C. The number of thiophene rings is 1. The predicted molar refractivity (Wildman–Crippen MR) is 138 cm³/mol. The third-order valence-electron chi connectivity index (χ3n) is 4.81. The summed E-state index contributed by atoms with van der Waals surface area (Å²) in [5.41, 5.74) is -0.710. The summed E-state index contributed by atoms with van der Waals surface area (Å²) in [6.07, 6.45) is 1.41. The fraction of sp³-hybridized carbons (Fsp3) is 0.250. The van der Waals surface area contributed by atoms with Crippen LogP contribution in [0.2, 0.25) is 5.02 Å². The van der Waals surface area contributed by atoms with Crippen molar-refractivity contribution >= 4 is 58.8 Å². The smallest absolute Gasteiger partial charge is 0.496 e. The van der Waals surface area contributed by atoms with Crippen LogP contribution in [-0.2, 0) is 23.4 Å². The van der Waals surface area contributed by atoms with Crippen molar-refractivity contribution in [3.63, 3.8) is 0 Å². The summed E-state index contributed by atoms with van der Waals surface area (Å²) in [6, 6.07) is 12.2. The average molecular weight is 554 g/mol. The molecule has 0 bridgehead atoms. The maximum Gasteiger partial charge on any atom is 0.510 e. The van der Waals surface area contributed by atoms with E-state index in [4.69, 9.17) is 30.3 Å². The molecular weight excluding hydrogens is 529 g/mol. The lowest BCUT2D eigenvalue weighted by molar-refractivity contribution is -0.120. The number of fused-ring (bicyclic) bond motifs is 1. The van der Waals surface area contributed by atoms with Crippen LogP contribution in [0.4, 0.5) is 4.79 Å². The van der Waals surface area contributed by atoms with Crippen molar-refractivity contribution < 1.29 is 37.8 Å². The third kappa shape index (κ3) is 7.09. The lowest BCUT2D eigenvalue weighted by Gasteiger charge is -2.21. The minimum absolute atomic E-state index is 0.247. The summed E-state index contributed by atoms with van der Waals surface area (Å²) in [7, 11) is -3.20. The topological polar surface area (TPSA) is 120 Å². The van der Waals surface area contributed by atoms with Gasteiger partial charge in [-0.2, -0.15) is 0 Å². The van der Waals surface area contributed by atoms with Crippen LogP contribution < -0.4 is 10.1 Å². The zero-order valence-electron chi connectivity index (χ0n) is 19.7. The molecule has 0 aliphatic rings. The molecule has 2 unspecified atom stereocenters. The standard InChI is InChI=1S/C24H25ClNO8PS/c1-15(2)34-24(28)32-14-33-35(29,30)22(19-13-36-21-9-8-17(25)12-18(19)21)23(27)26-11-10-16-6-4-5-7-20(16)31-3/h4-13,15,22H,14H2,1-3H3,(H,26,27)(H,29,30). The molecule has 0 saturated carbocycles. The molecule has 3 rings (SSSR count). The molecule has 2 N–H and O–H groups in total. The number of hydrogen-bond acceptors (Lipinski definition) is 8. The number of rotatable bonds is 10. The minimum Gasteiger partial charge on any atom is -0.496 e. The van der Waals surface area contributed by atoms with Crippen molar-refractivity contribution in [1.82, 2.24) is 5.32 Å². The molecule has 1 heterocycles. The van der Waals surface area contributed by atoms with E-state index in [0.29, 0.717) is 21.7 Å². The van der Waals surface area contributed by atoms with E-state index in [1.807, 2.05) is 0 Å². The molecule has 0 aliphatic carbocycles. The Morgan fingerprint density at radius 3 is 2.69 bits per heavy atom. The molecule has 0 radical (unpaired) electrons. The number of para-hydroxylation sites is 1. The van der Waals surface area contributed by atoms with Crippen molar-refractivity contribution in [1.29, 1.82) is 0 Å². The van der Waals surface area contributed by atoms with Gasteiger partial charge in [-0.1, -0.05) is 29.8 Å². The van der Waals surface area contributed by atoms with Crippen LogP contribution in [0.15, 0.2) is 54.0 Å². The molecule has 2 atom stereocenters. The van der Waals surface area contributed by atoms with E-state index < -0.39 is 38.2 Å². The van der Waals surface area contributed by atoms with Crippen LogP contribution in [0.5, 0.6) is 5.75 Å². The fourth-order valence-electron chi connectivity index (χ4n) is 3.25. The monoisotopic (exact) mass is 553 g/mol. The quantitative estimate of drug-likeness (QED) is 0.175. The Bertz CT molecular complexity index is 1310. The molecule has 2 aromatic carbocycles. The van der Waals surface area contributed by atoms with Gasteiger partial charge >= 0.3 is 13.8 Å². The van der Waals surface area contributed by atoms with Gasteiger partial charge in [0.2, 0.25) is 12.7 Å². The van der Waals surface area contributed by atoms with Crippen LogP contribution in [-0.4, -0.2) is 37.0 Å². The first-order chi connectivity index (χ1) is 17.1. The van der Waals surface area contributed by atoms with Gasteiger partial charge < -0.3 is 24.4 Å². The average Bonchev–Trinajstić information content (AvgIpc) is 3.21. The van der Waals surface area contributed by atoms with Gasteiger partial charge in [-0.05, 0) is 60.5 Å². The number of hydrogen-bond donors (Lipinski definition) is 2. The minimum atomic E-state index is -4.72. The molecule has 36 heavy (non-hydrogen) atoms. The van der Waals surface area contributed by atoms with Gasteiger partial charge in [-0.25, -0.2) is 4.79 Å². The van der Waals surface area contributed by atoms with Gasteiger partial charge in [-0.3, -0.25) is 13.9 Å². The zero-order valence-corrected chi connectivity index (χ0v) is 22.1. The third-order valence-corrected chi connectivity index (χ3v) is 7.67. The number of benzene rings is 2. The Hall–Kier alpha value is -2.88. The molecule has 1 amide bonds. The number of methoxy groups -OCH3 is 1. The lowest BCUT2D eigenvalue weighted by atomic mass is 10.1. The first-order valence-corrected chi connectivity index (χ1v) is 13.6. The maximum atomic E-state index is 13.3. The van der Waals surface area contributed by atoms with Gasteiger partial charge in [0.25, 0.3) is 0 Å². The molecular formula is C24H25ClNO8PS. The van der Waals surface area contributed by atoms with Gasteiger partial charge in [0, 0.05) is 21.5 Å². The molecule has 0 aliphatic heterocycles. The highest BCUT2D eigenvalue weighted by molar-refractivity contribution is 7.54. The number of ether oxygens (including phenoxy) is 3. The highest BCUT2D eigenvalue weighted by Gasteiger charge is 2.41. The van der Waals surface area contributed by atoms with Crippen LogP contribution >= 0.6 is 30.5 Å². The zero-order chi connectivity index (χ0) is 26.3. The van der Waals surface area contributed by atoms with E-state index >= 15 is 0 Å². The second kappa shape index (κ2) is 12.4. The lowest BCUT2D eigenvalue weighted by Crippen LogP contribution is -2.26. The molecule has 1 aromatic heterocycles. The summed E-state index contributed by atoms with van der Waals surface area (Å²) in [5, 5.41) is 5.05. The highest BCUT2D eigenvalue weighted by Crippen LogP contribution is 2.58. The maximum absolute atomic E-state index is 13.3. The molecule has 0 saturated heterocycles. The Labute approximate surface area is 217 Å². The summed E-state index contributed by atoms with van der Waals surface area (Å²) in [5.74, 6) is -0.226. The molecule has 0 fully saturated rings. The highest BCUT2D eigenvalue weighted by atomic mass is 35.5. The predicted octanol–water partition coefficient (Wildman–Crippen LogP) is 6.11. The normalized spacial score (nSPS) is 13.9.